The van der Waals surface area contributed by atoms with Gasteiger partial charge < -0.3 is 10.6 Å². The van der Waals surface area contributed by atoms with Crippen molar-refractivity contribution in [3.8, 4) is 0 Å². The van der Waals surface area contributed by atoms with E-state index < -0.39 is 35.7 Å². The maximum Gasteiger partial charge on any atom is 0.325 e. The highest BCUT2D eigenvalue weighted by Crippen LogP contribution is 2.24. The quantitative estimate of drug-likeness (QED) is 0.784. The SMILES string of the molecule is CC(C)CCC1(C)NC(=O)N(CC(=O)Nc2ccccc2F)C1=O. The highest BCUT2D eigenvalue weighted by molar-refractivity contribution is 6.09. The Hall–Kier alpha value is -2.44. The molecule has 1 aliphatic heterocycles. The van der Waals surface area contributed by atoms with E-state index in [1.54, 1.807) is 13.0 Å². The summed E-state index contributed by atoms with van der Waals surface area (Å²) >= 11 is 0. The summed E-state index contributed by atoms with van der Waals surface area (Å²) in [5.41, 5.74) is -0.989. The molecule has 1 aromatic rings. The summed E-state index contributed by atoms with van der Waals surface area (Å²) in [7, 11) is 0. The molecule has 1 fully saturated rings. The van der Waals surface area contributed by atoms with Gasteiger partial charge in [0, 0.05) is 0 Å². The minimum atomic E-state index is -1.00. The first-order valence-electron chi connectivity index (χ1n) is 7.91. The van der Waals surface area contributed by atoms with E-state index in [-0.39, 0.29) is 5.69 Å². The van der Waals surface area contributed by atoms with Crippen LogP contribution in [0.4, 0.5) is 14.9 Å². The fourth-order valence-corrected chi connectivity index (χ4v) is 2.53. The third-order valence-electron chi connectivity index (χ3n) is 4.02. The number of carbonyl (C=O) groups excluding carboxylic acids is 3. The van der Waals surface area contributed by atoms with Crippen LogP contribution in [0.15, 0.2) is 24.3 Å². The number of halogens is 1. The summed E-state index contributed by atoms with van der Waals surface area (Å²) in [6.07, 6.45) is 1.28. The van der Waals surface area contributed by atoms with Crippen LogP contribution in [0.1, 0.15) is 33.6 Å². The predicted molar refractivity (Wildman–Crippen MR) is 87.8 cm³/mol. The molecule has 1 aliphatic rings. The Labute approximate surface area is 140 Å². The number of hydrogen-bond donors (Lipinski definition) is 2. The lowest BCUT2D eigenvalue weighted by Crippen LogP contribution is -2.44. The van der Waals surface area contributed by atoms with E-state index in [0.29, 0.717) is 12.3 Å². The lowest BCUT2D eigenvalue weighted by molar-refractivity contribution is -0.133. The molecule has 2 N–H and O–H groups in total. The fraction of sp³-hybridized carbons (Fsp3) is 0.471. The molecule has 4 amide bonds. The second kappa shape index (κ2) is 6.98. The van der Waals surface area contributed by atoms with Crippen LogP contribution in [-0.4, -0.2) is 34.8 Å². The van der Waals surface area contributed by atoms with Gasteiger partial charge in [-0.2, -0.15) is 0 Å². The van der Waals surface area contributed by atoms with Gasteiger partial charge in [-0.3, -0.25) is 14.5 Å². The molecular formula is C17H22FN3O3. The molecule has 0 saturated carbocycles. The topological polar surface area (TPSA) is 78.5 Å². The second-order valence-electron chi connectivity index (χ2n) is 6.61. The molecule has 6 nitrogen and oxygen atoms in total. The number of urea groups is 1. The van der Waals surface area contributed by atoms with Crippen molar-refractivity contribution < 1.29 is 18.8 Å². The van der Waals surface area contributed by atoms with Gasteiger partial charge >= 0.3 is 6.03 Å². The molecular weight excluding hydrogens is 313 g/mol. The third kappa shape index (κ3) is 3.90. The minimum Gasteiger partial charge on any atom is -0.323 e. The number of rotatable bonds is 6. The Morgan fingerprint density at radius 2 is 2.00 bits per heavy atom. The van der Waals surface area contributed by atoms with Gasteiger partial charge in [0.25, 0.3) is 5.91 Å². The Morgan fingerprint density at radius 3 is 2.62 bits per heavy atom. The summed E-state index contributed by atoms with van der Waals surface area (Å²) in [6.45, 7) is 5.27. The van der Waals surface area contributed by atoms with Crippen molar-refractivity contribution in [3.05, 3.63) is 30.1 Å². The van der Waals surface area contributed by atoms with Gasteiger partial charge in [-0.05, 0) is 37.8 Å². The second-order valence-corrected chi connectivity index (χ2v) is 6.61. The zero-order valence-corrected chi connectivity index (χ0v) is 14.1. The zero-order valence-electron chi connectivity index (χ0n) is 14.1. The van der Waals surface area contributed by atoms with Crippen molar-refractivity contribution >= 4 is 23.5 Å². The van der Waals surface area contributed by atoms with Gasteiger partial charge in [0.1, 0.15) is 17.9 Å². The lowest BCUT2D eigenvalue weighted by Gasteiger charge is -2.22. The van der Waals surface area contributed by atoms with Gasteiger partial charge in [-0.25, -0.2) is 9.18 Å². The van der Waals surface area contributed by atoms with E-state index in [2.05, 4.69) is 10.6 Å². The molecule has 1 saturated heterocycles. The molecule has 2 rings (SSSR count). The van der Waals surface area contributed by atoms with Gasteiger partial charge in [0.15, 0.2) is 0 Å². The Kier molecular flexibility index (Phi) is 5.21. The first kappa shape index (κ1) is 17.9. The number of para-hydroxylation sites is 1. The Bertz CT molecular complexity index is 662. The summed E-state index contributed by atoms with van der Waals surface area (Å²) in [4.78, 5) is 37.4. The maximum absolute atomic E-state index is 13.5. The van der Waals surface area contributed by atoms with Gasteiger partial charge in [0.05, 0.1) is 5.69 Å². The lowest BCUT2D eigenvalue weighted by atomic mass is 9.92. The summed E-state index contributed by atoms with van der Waals surface area (Å²) in [6, 6.07) is 5.10. The molecule has 0 radical (unpaired) electrons. The van der Waals surface area contributed by atoms with Crippen LogP contribution in [0, 0.1) is 11.7 Å². The maximum atomic E-state index is 13.5. The molecule has 0 bridgehead atoms. The molecule has 1 atom stereocenters. The number of amides is 4. The smallest absolute Gasteiger partial charge is 0.323 e. The summed E-state index contributed by atoms with van der Waals surface area (Å²) < 4.78 is 13.5. The van der Waals surface area contributed by atoms with Gasteiger partial charge in [-0.1, -0.05) is 26.0 Å². The largest absolute Gasteiger partial charge is 0.325 e. The zero-order chi connectivity index (χ0) is 17.9. The number of imide groups is 1. The third-order valence-corrected chi connectivity index (χ3v) is 4.02. The highest BCUT2D eigenvalue weighted by Gasteiger charge is 2.47. The van der Waals surface area contributed by atoms with Crippen LogP contribution in [-0.2, 0) is 9.59 Å². The van der Waals surface area contributed by atoms with Gasteiger partial charge in [0.2, 0.25) is 5.91 Å². The van der Waals surface area contributed by atoms with E-state index in [1.165, 1.54) is 18.2 Å². The molecule has 0 aliphatic carbocycles. The van der Waals surface area contributed by atoms with E-state index in [9.17, 15) is 18.8 Å². The number of nitrogens with zero attached hydrogens (tertiary/aromatic N) is 1. The Balaban J connectivity index is 2.02. The molecule has 1 heterocycles. The van der Waals surface area contributed by atoms with E-state index >= 15 is 0 Å². The first-order chi connectivity index (χ1) is 11.2. The standard InChI is InChI=1S/C17H22FN3O3/c1-11(2)8-9-17(3)15(23)21(16(24)20-17)10-14(22)19-13-7-5-4-6-12(13)18/h4-7,11H,8-10H2,1-3H3,(H,19,22)(H,20,24). The molecule has 1 aromatic carbocycles. The van der Waals surface area contributed by atoms with Crippen LogP contribution >= 0.6 is 0 Å². The highest BCUT2D eigenvalue weighted by atomic mass is 19.1. The molecule has 0 spiro atoms. The van der Waals surface area contributed by atoms with Crippen LogP contribution in [0.3, 0.4) is 0 Å². The number of hydrogen-bond acceptors (Lipinski definition) is 3. The minimum absolute atomic E-state index is 0.0112. The average molecular weight is 335 g/mol. The number of carbonyl (C=O) groups is 3. The molecule has 0 aromatic heterocycles. The average Bonchev–Trinajstić information content (AvgIpc) is 2.72. The number of nitrogens with one attached hydrogen (secondary N) is 2. The van der Waals surface area contributed by atoms with Crippen molar-refractivity contribution in [2.45, 2.75) is 39.2 Å². The van der Waals surface area contributed by atoms with Gasteiger partial charge in [-0.15, -0.1) is 0 Å². The van der Waals surface area contributed by atoms with E-state index in [4.69, 9.17) is 0 Å². The van der Waals surface area contributed by atoms with Crippen LogP contribution in [0.25, 0.3) is 0 Å². The van der Waals surface area contributed by atoms with E-state index in [1.807, 2.05) is 13.8 Å². The van der Waals surface area contributed by atoms with E-state index in [0.717, 1.165) is 11.3 Å². The van der Waals surface area contributed by atoms with Crippen molar-refractivity contribution in [3.63, 3.8) is 0 Å². The molecule has 130 valence electrons. The first-order valence-corrected chi connectivity index (χ1v) is 7.91. The molecule has 7 heteroatoms. The predicted octanol–water partition coefficient (Wildman–Crippen LogP) is 2.51. The fourth-order valence-electron chi connectivity index (χ4n) is 2.53. The van der Waals surface area contributed by atoms with Crippen molar-refractivity contribution in [2.75, 3.05) is 11.9 Å². The molecule has 1 unspecified atom stereocenters. The number of benzene rings is 1. The number of anilines is 1. The monoisotopic (exact) mass is 335 g/mol. The van der Waals surface area contributed by atoms with Crippen molar-refractivity contribution in [1.82, 2.24) is 10.2 Å². The van der Waals surface area contributed by atoms with Crippen molar-refractivity contribution in [1.29, 1.82) is 0 Å². The van der Waals surface area contributed by atoms with Crippen LogP contribution in [0.5, 0.6) is 0 Å². The van der Waals surface area contributed by atoms with Crippen LogP contribution < -0.4 is 10.6 Å². The molecule has 24 heavy (non-hydrogen) atoms. The van der Waals surface area contributed by atoms with Crippen LogP contribution in [0.2, 0.25) is 0 Å². The Morgan fingerprint density at radius 1 is 1.33 bits per heavy atom. The summed E-state index contributed by atoms with van der Waals surface area (Å²) in [5, 5.41) is 5.02. The van der Waals surface area contributed by atoms with Crippen molar-refractivity contribution in [2.24, 2.45) is 5.92 Å². The summed E-state index contributed by atoms with van der Waals surface area (Å²) in [5.74, 6) is -1.25. The normalized spacial score (nSPS) is 20.5.